The molecule has 0 spiro atoms. The fourth-order valence-electron chi connectivity index (χ4n) is 2.41. The van der Waals surface area contributed by atoms with Gasteiger partial charge in [0.1, 0.15) is 11.0 Å². The summed E-state index contributed by atoms with van der Waals surface area (Å²) >= 11 is 6.08. The fourth-order valence-corrected chi connectivity index (χ4v) is 2.66. The number of pyridine rings is 1. The van der Waals surface area contributed by atoms with Crippen LogP contribution in [0.15, 0.2) is 30.6 Å². The zero-order chi connectivity index (χ0) is 15.1. The van der Waals surface area contributed by atoms with Crippen molar-refractivity contribution in [1.82, 2.24) is 9.97 Å². The summed E-state index contributed by atoms with van der Waals surface area (Å²) in [4.78, 5) is 18.6. The first-order valence-corrected chi connectivity index (χ1v) is 6.58. The normalized spacial score (nSPS) is 11.0. The van der Waals surface area contributed by atoms with Gasteiger partial charge in [0, 0.05) is 34.4 Å². The molecule has 3 rings (SSSR count). The van der Waals surface area contributed by atoms with Crippen molar-refractivity contribution in [2.75, 3.05) is 0 Å². The minimum Gasteiger partial charge on any atom is -0.366 e. The van der Waals surface area contributed by atoms with Crippen LogP contribution in [0.2, 0.25) is 5.15 Å². The molecule has 0 aliphatic rings. The van der Waals surface area contributed by atoms with Gasteiger partial charge >= 0.3 is 0 Å². The highest BCUT2D eigenvalue weighted by Crippen LogP contribution is 2.35. The second-order valence-corrected chi connectivity index (χ2v) is 5.10. The first kappa shape index (κ1) is 13.6. The van der Waals surface area contributed by atoms with E-state index in [1.807, 2.05) is 0 Å². The Labute approximate surface area is 124 Å². The van der Waals surface area contributed by atoms with Gasteiger partial charge in [-0.3, -0.25) is 4.79 Å². The molecule has 0 unspecified atom stereocenters. The molecule has 6 heteroatoms. The average molecular weight is 304 g/mol. The molecule has 21 heavy (non-hydrogen) atoms. The van der Waals surface area contributed by atoms with Crippen LogP contribution in [0.3, 0.4) is 0 Å². The van der Waals surface area contributed by atoms with Gasteiger partial charge in [0.2, 0.25) is 5.91 Å². The lowest BCUT2D eigenvalue weighted by Crippen LogP contribution is -2.15. The molecule has 0 aliphatic heterocycles. The SMILES string of the molecule is Cc1cnc(Cl)c(-c2cc3cc[nH]c3cc2F)c1C(N)=O. The molecule has 3 N–H and O–H groups in total. The van der Waals surface area contributed by atoms with Crippen LogP contribution in [0.4, 0.5) is 4.39 Å². The van der Waals surface area contributed by atoms with Crippen molar-refractivity contribution in [3.8, 4) is 11.1 Å². The topological polar surface area (TPSA) is 71.8 Å². The van der Waals surface area contributed by atoms with Crippen LogP contribution in [0.5, 0.6) is 0 Å². The number of aromatic nitrogens is 2. The molecule has 0 saturated carbocycles. The molecule has 2 aromatic heterocycles. The maximum Gasteiger partial charge on any atom is 0.249 e. The van der Waals surface area contributed by atoms with Gasteiger partial charge in [0.05, 0.1) is 5.56 Å². The van der Waals surface area contributed by atoms with Crippen LogP contribution in [0.25, 0.3) is 22.0 Å². The number of fused-ring (bicyclic) bond motifs is 1. The summed E-state index contributed by atoms with van der Waals surface area (Å²) in [7, 11) is 0. The number of halogens is 2. The van der Waals surface area contributed by atoms with Crippen molar-refractivity contribution < 1.29 is 9.18 Å². The van der Waals surface area contributed by atoms with Gasteiger partial charge in [0.15, 0.2) is 0 Å². The van der Waals surface area contributed by atoms with E-state index < -0.39 is 11.7 Å². The number of benzene rings is 1. The third-order valence-electron chi connectivity index (χ3n) is 3.38. The van der Waals surface area contributed by atoms with E-state index in [0.717, 1.165) is 5.39 Å². The Balaban J connectivity index is 2.39. The molecular weight excluding hydrogens is 293 g/mol. The van der Waals surface area contributed by atoms with E-state index in [2.05, 4.69) is 9.97 Å². The highest BCUT2D eigenvalue weighted by Gasteiger charge is 2.21. The molecule has 2 heterocycles. The van der Waals surface area contributed by atoms with Crippen molar-refractivity contribution in [3.63, 3.8) is 0 Å². The predicted octanol–water partition coefficient (Wildman–Crippen LogP) is 3.43. The van der Waals surface area contributed by atoms with Crippen molar-refractivity contribution in [2.45, 2.75) is 6.92 Å². The third kappa shape index (κ3) is 2.15. The van der Waals surface area contributed by atoms with E-state index in [0.29, 0.717) is 11.1 Å². The molecule has 0 saturated heterocycles. The Bertz CT molecular complexity index is 873. The molecule has 3 aromatic rings. The molecule has 0 bridgehead atoms. The lowest BCUT2D eigenvalue weighted by molar-refractivity contribution is 0.1000. The molecule has 0 atom stereocenters. The number of aromatic amines is 1. The number of carbonyl (C=O) groups is 1. The summed E-state index contributed by atoms with van der Waals surface area (Å²) in [5.41, 5.74) is 7.24. The standard InChI is InChI=1S/C15H11ClFN3O/c1-7-6-20-14(16)13(12(7)15(18)21)9-4-8-2-3-19-11(8)5-10(9)17/h2-6,19H,1H3,(H2,18,21). The second-order valence-electron chi connectivity index (χ2n) is 4.74. The fraction of sp³-hybridized carbons (Fsp3) is 0.0667. The smallest absolute Gasteiger partial charge is 0.249 e. The minimum absolute atomic E-state index is 0.0446. The van der Waals surface area contributed by atoms with Crippen LogP contribution in [-0.2, 0) is 0 Å². The van der Waals surface area contributed by atoms with Gasteiger partial charge < -0.3 is 10.7 Å². The summed E-state index contributed by atoms with van der Waals surface area (Å²) in [6.45, 7) is 1.68. The number of rotatable bonds is 2. The number of carbonyl (C=O) groups excluding carboxylic acids is 1. The van der Waals surface area contributed by atoms with Crippen molar-refractivity contribution >= 4 is 28.4 Å². The maximum atomic E-state index is 14.4. The summed E-state index contributed by atoms with van der Waals surface area (Å²) < 4.78 is 14.4. The van der Waals surface area contributed by atoms with Crippen LogP contribution in [0.1, 0.15) is 15.9 Å². The van der Waals surface area contributed by atoms with Gasteiger partial charge in [-0.1, -0.05) is 11.6 Å². The van der Waals surface area contributed by atoms with E-state index in [9.17, 15) is 9.18 Å². The lowest BCUT2D eigenvalue weighted by Gasteiger charge is -2.12. The number of hydrogen-bond donors (Lipinski definition) is 2. The number of amides is 1. The number of aryl methyl sites for hydroxylation is 1. The van der Waals surface area contributed by atoms with Gasteiger partial charge in [-0.15, -0.1) is 0 Å². The summed E-state index contributed by atoms with van der Waals surface area (Å²) in [5, 5.41) is 0.850. The number of hydrogen-bond acceptors (Lipinski definition) is 2. The van der Waals surface area contributed by atoms with Crippen LogP contribution >= 0.6 is 11.6 Å². The molecule has 1 amide bonds. The Morgan fingerprint density at radius 3 is 2.90 bits per heavy atom. The molecule has 4 nitrogen and oxygen atoms in total. The quantitative estimate of drug-likeness (QED) is 0.712. The van der Waals surface area contributed by atoms with E-state index in [4.69, 9.17) is 17.3 Å². The van der Waals surface area contributed by atoms with E-state index in [1.165, 1.54) is 12.3 Å². The number of nitrogens with zero attached hydrogens (tertiary/aromatic N) is 1. The Morgan fingerprint density at radius 2 is 2.19 bits per heavy atom. The predicted molar refractivity (Wildman–Crippen MR) is 79.8 cm³/mol. The van der Waals surface area contributed by atoms with Crippen LogP contribution < -0.4 is 5.73 Å². The highest BCUT2D eigenvalue weighted by molar-refractivity contribution is 6.33. The zero-order valence-corrected chi connectivity index (χ0v) is 11.8. The lowest BCUT2D eigenvalue weighted by atomic mass is 9.97. The Morgan fingerprint density at radius 1 is 1.43 bits per heavy atom. The summed E-state index contributed by atoms with van der Waals surface area (Å²) in [6.07, 6.45) is 3.15. The van der Waals surface area contributed by atoms with Gasteiger partial charge in [-0.2, -0.15) is 0 Å². The van der Waals surface area contributed by atoms with Gasteiger partial charge in [0.25, 0.3) is 0 Å². The first-order valence-electron chi connectivity index (χ1n) is 6.21. The zero-order valence-electron chi connectivity index (χ0n) is 11.1. The van der Waals surface area contributed by atoms with E-state index in [-0.39, 0.29) is 21.8 Å². The Hall–Kier alpha value is -2.40. The Kier molecular flexibility index (Phi) is 3.14. The number of H-pyrrole nitrogens is 1. The molecule has 0 fully saturated rings. The van der Waals surface area contributed by atoms with Gasteiger partial charge in [-0.25, -0.2) is 9.37 Å². The number of primary amides is 1. The van der Waals surface area contributed by atoms with Crippen LogP contribution in [0, 0.1) is 12.7 Å². The molecular formula is C15H11ClFN3O. The molecule has 1 aromatic carbocycles. The first-order chi connectivity index (χ1) is 9.99. The largest absolute Gasteiger partial charge is 0.366 e. The van der Waals surface area contributed by atoms with Crippen molar-refractivity contribution in [1.29, 1.82) is 0 Å². The summed E-state index contributed by atoms with van der Waals surface area (Å²) in [5.74, 6) is -1.16. The number of nitrogens with one attached hydrogen (secondary N) is 1. The molecule has 0 radical (unpaired) electrons. The molecule has 106 valence electrons. The molecule has 0 aliphatic carbocycles. The average Bonchev–Trinajstić information content (AvgIpc) is 2.87. The third-order valence-corrected chi connectivity index (χ3v) is 3.67. The van der Waals surface area contributed by atoms with E-state index >= 15 is 0 Å². The minimum atomic E-state index is -0.666. The van der Waals surface area contributed by atoms with E-state index in [1.54, 1.807) is 25.3 Å². The second kappa shape index (κ2) is 4.86. The van der Waals surface area contributed by atoms with Gasteiger partial charge in [-0.05, 0) is 30.7 Å². The monoisotopic (exact) mass is 303 g/mol. The number of nitrogens with two attached hydrogens (primary N) is 1. The highest BCUT2D eigenvalue weighted by atomic mass is 35.5. The van der Waals surface area contributed by atoms with Crippen LogP contribution in [-0.4, -0.2) is 15.9 Å². The van der Waals surface area contributed by atoms with Crippen molar-refractivity contribution in [2.24, 2.45) is 5.73 Å². The summed E-state index contributed by atoms with van der Waals surface area (Å²) in [6, 6.07) is 4.78. The maximum absolute atomic E-state index is 14.4. The van der Waals surface area contributed by atoms with Crippen molar-refractivity contribution in [3.05, 3.63) is 52.7 Å².